The first-order chi connectivity index (χ1) is 11.5. The summed E-state index contributed by atoms with van der Waals surface area (Å²) in [6.07, 6.45) is 3.74. The Bertz CT molecular complexity index is 779. The molecule has 2 heterocycles. The van der Waals surface area contributed by atoms with E-state index in [0.717, 1.165) is 18.7 Å². The average molecular weight is 329 g/mol. The van der Waals surface area contributed by atoms with E-state index in [2.05, 4.69) is 16.8 Å². The van der Waals surface area contributed by atoms with Crippen LogP contribution in [-0.4, -0.2) is 33.5 Å². The molecule has 0 unspecified atom stereocenters. The molecule has 0 amide bonds. The predicted molar refractivity (Wildman–Crippen MR) is 90.1 cm³/mol. The zero-order chi connectivity index (χ0) is 17.3. The molecule has 0 aliphatic carbocycles. The van der Waals surface area contributed by atoms with Gasteiger partial charge in [0.1, 0.15) is 17.2 Å². The van der Waals surface area contributed by atoms with Crippen LogP contribution in [-0.2, 0) is 6.54 Å². The zero-order valence-corrected chi connectivity index (χ0v) is 13.5. The lowest BCUT2D eigenvalue weighted by Crippen LogP contribution is -2.26. The van der Waals surface area contributed by atoms with Gasteiger partial charge in [-0.15, -0.1) is 0 Å². The number of carboxylic acid groups (broad SMARTS) is 1. The highest BCUT2D eigenvalue weighted by molar-refractivity contribution is 5.94. The number of carboxylic acids is 1. The van der Waals surface area contributed by atoms with Crippen molar-refractivity contribution in [3.8, 4) is 11.1 Å². The molecule has 0 spiro atoms. The number of anilines is 1. The molecule has 1 atom stereocenters. The molecule has 0 saturated carbocycles. The maximum Gasteiger partial charge on any atom is 0.339 e. The molecule has 1 aromatic carbocycles. The summed E-state index contributed by atoms with van der Waals surface area (Å²) in [6, 6.07) is 6.93. The number of carbonyl (C=O) groups is 1. The summed E-state index contributed by atoms with van der Waals surface area (Å²) in [6.45, 7) is 3.94. The van der Waals surface area contributed by atoms with Gasteiger partial charge in [-0.25, -0.2) is 14.2 Å². The molecule has 1 aliphatic heterocycles. The average Bonchev–Trinajstić information content (AvgIpc) is 2.93. The van der Waals surface area contributed by atoms with E-state index in [1.807, 2.05) is 6.07 Å². The molecule has 2 aromatic rings. The third kappa shape index (κ3) is 3.23. The van der Waals surface area contributed by atoms with E-state index in [1.54, 1.807) is 6.07 Å². The third-order valence-electron chi connectivity index (χ3n) is 4.57. The molecule has 24 heavy (non-hydrogen) atoms. The Morgan fingerprint density at radius 3 is 2.88 bits per heavy atom. The second-order valence-corrected chi connectivity index (χ2v) is 6.24. The number of pyridine rings is 1. The van der Waals surface area contributed by atoms with Crippen LogP contribution in [0.25, 0.3) is 11.1 Å². The van der Waals surface area contributed by atoms with E-state index in [1.165, 1.54) is 31.2 Å². The molecule has 6 heteroatoms. The lowest BCUT2D eigenvalue weighted by Gasteiger charge is -2.21. The van der Waals surface area contributed by atoms with Crippen molar-refractivity contribution in [2.24, 2.45) is 0 Å². The number of nitrogens with two attached hydrogens (primary N) is 1. The SMILES string of the molecule is C[C@@H]1CCCN1Cc1ccc(-c2cnc(N)c(C(=O)O)c2)c(F)c1. The first-order valence-corrected chi connectivity index (χ1v) is 7.97. The third-order valence-corrected chi connectivity index (χ3v) is 4.57. The fourth-order valence-electron chi connectivity index (χ4n) is 3.15. The Kier molecular flexibility index (Phi) is 4.49. The number of likely N-dealkylation sites (tertiary alicyclic amines) is 1. The maximum atomic E-state index is 14.5. The van der Waals surface area contributed by atoms with Crippen LogP contribution in [0.5, 0.6) is 0 Å². The van der Waals surface area contributed by atoms with E-state index in [-0.39, 0.29) is 17.2 Å². The standard InChI is InChI=1S/C18H20FN3O2/c1-11-3-2-6-22(11)10-12-4-5-14(16(19)7-12)13-8-15(18(23)24)17(20)21-9-13/h4-5,7-9,11H,2-3,6,10H2,1H3,(H2,20,21)(H,23,24)/t11-/m1/s1. The lowest BCUT2D eigenvalue weighted by atomic mass is 10.0. The summed E-state index contributed by atoms with van der Waals surface area (Å²) in [7, 11) is 0. The van der Waals surface area contributed by atoms with E-state index >= 15 is 0 Å². The minimum atomic E-state index is -1.18. The molecular formula is C18H20FN3O2. The Morgan fingerprint density at radius 2 is 2.25 bits per heavy atom. The number of aromatic nitrogens is 1. The zero-order valence-electron chi connectivity index (χ0n) is 13.5. The van der Waals surface area contributed by atoms with Crippen molar-refractivity contribution in [2.75, 3.05) is 12.3 Å². The normalized spacial score (nSPS) is 18.0. The first kappa shape index (κ1) is 16.4. The molecule has 1 fully saturated rings. The minimum absolute atomic E-state index is 0.0775. The first-order valence-electron chi connectivity index (χ1n) is 7.97. The molecule has 5 nitrogen and oxygen atoms in total. The lowest BCUT2D eigenvalue weighted by molar-refractivity contribution is 0.0697. The van der Waals surface area contributed by atoms with Crippen LogP contribution in [0.15, 0.2) is 30.5 Å². The van der Waals surface area contributed by atoms with Gasteiger partial charge in [-0.05, 0) is 44.0 Å². The number of halogens is 1. The van der Waals surface area contributed by atoms with Crippen LogP contribution in [0.3, 0.4) is 0 Å². The largest absolute Gasteiger partial charge is 0.478 e. The minimum Gasteiger partial charge on any atom is -0.478 e. The molecule has 126 valence electrons. The van der Waals surface area contributed by atoms with Gasteiger partial charge in [-0.3, -0.25) is 4.90 Å². The van der Waals surface area contributed by atoms with Crippen LogP contribution < -0.4 is 5.73 Å². The van der Waals surface area contributed by atoms with Crippen molar-refractivity contribution in [1.82, 2.24) is 9.88 Å². The molecule has 0 bridgehead atoms. The summed E-state index contributed by atoms with van der Waals surface area (Å²) in [4.78, 5) is 17.3. The van der Waals surface area contributed by atoms with Crippen molar-refractivity contribution in [1.29, 1.82) is 0 Å². The Balaban J connectivity index is 1.87. The van der Waals surface area contributed by atoms with Gasteiger partial charge in [0.15, 0.2) is 0 Å². The smallest absolute Gasteiger partial charge is 0.339 e. The van der Waals surface area contributed by atoms with Crippen LogP contribution >= 0.6 is 0 Å². The predicted octanol–water partition coefficient (Wildman–Crippen LogP) is 3.15. The van der Waals surface area contributed by atoms with Crippen LogP contribution in [0.4, 0.5) is 10.2 Å². The summed E-state index contributed by atoms with van der Waals surface area (Å²) in [5, 5.41) is 9.12. The van der Waals surface area contributed by atoms with Crippen LogP contribution in [0.1, 0.15) is 35.7 Å². The van der Waals surface area contributed by atoms with Gasteiger partial charge in [0.2, 0.25) is 0 Å². The van der Waals surface area contributed by atoms with Crippen LogP contribution in [0.2, 0.25) is 0 Å². The molecule has 3 rings (SSSR count). The maximum absolute atomic E-state index is 14.5. The number of aromatic carboxylic acids is 1. The number of nitrogen functional groups attached to an aromatic ring is 1. The highest BCUT2D eigenvalue weighted by atomic mass is 19.1. The van der Waals surface area contributed by atoms with Gasteiger partial charge < -0.3 is 10.8 Å². The number of benzene rings is 1. The molecule has 1 aliphatic rings. The highest BCUT2D eigenvalue weighted by Crippen LogP contribution is 2.27. The molecule has 3 N–H and O–H groups in total. The molecule has 1 aromatic heterocycles. The summed E-state index contributed by atoms with van der Waals surface area (Å²) < 4.78 is 14.5. The number of rotatable bonds is 4. The van der Waals surface area contributed by atoms with Gasteiger partial charge in [0, 0.05) is 29.9 Å². The second-order valence-electron chi connectivity index (χ2n) is 6.24. The fraction of sp³-hybridized carbons (Fsp3) is 0.333. The van der Waals surface area contributed by atoms with Crippen molar-refractivity contribution in [3.63, 3.8) is 0 Å². The van der Waals surface area contributed by atoms with Gasteiger partial charge in [-0.1, -0.05) is 12.1 Å². The number of hydrogen-bond donors (Lipinski definition) is 2. The summed E-state index contributed by atoms with van der Waals surface area (Å²) in [5.74, 6) is -1.64. The Labute approximate surface area is 139 Å². The second kappa shape index (κ2) is 6.57. The Morgan fingerprint density at radius 1 is 1.46 bits per heavy atom. The number of nitrogens with zero attached hydrogens (tertiary/aromatic N) is 2. The van der Waals surface area contributed by atoms with Crippen molar-refractivity contribution < 1.29 is 14.3 Å². The molecular weight excluding hydrogens is 309 g/mol. The fourth-order valence-corrected chi connectivity index (χ4v) is 3.15. The Hall–Kier alpha value is -2.47. The van der Waals surface area contributed by atoms with E-state index < -0.39 is 5.97 Å². The van der Waals surface area contributed by atoms with Crippen molar-refractivity contribution in [2.45, 2.75) is 32.4 Å². The quantitative estimate of drug-likeness (QED) is 0.901. The van der Waals surface area contributed by atoms with E-state index in [0.29, 0.717) is 17.2 Å². The monoisotopic (exact) mass is 329 g/mol. The van der Waals surface area contributed by atoms with Gasteiger partial charge in [0.25, 0.3) is 0 Å². The van der Waals surface area contributed by atoms with Crippen molar-refractivity contribution >= 4 is 11.8 Å². The highest BCUT2D eigenvalue weighted by Gasteiger charge is 2.20. The molecule has 0 radical (unpaired) electrons. The molecule has 1 saturated heterocycles. The summed E-state index contributed by atoms with van der Waals surface area (Å²) in [5.41, 5.74) is 7.05. The van der Waals surface area contributed by atoms with Gasteiger partial charge in [0.05, 0.1) is 0 Å². The van der Waals surface area contributed by atoms with Gasteiger partial charge >= 0.3 is 5.97 Å². The van der Waals surface area contributed by atoms with Crippen LogP contribution in [0, 0.1) is 5.82 Å². The van der Waals surface area contributed by atoms with Gasteiger partial charge in [-0.2, -0.15) is 0 Å². The van der Waals surface area contributed by atoms with E-state index in [4.69, 9.17) is 10.8 Å². The topological polar surface area (TPSA) is 79.5 Å². The summed E-state index contributed by atoms with van der Waals surface area (Å²) >= 11 is 0. The van der Waals surface area contributed by atoms with Crippen molar-refractivity contribution in [3.05, 3.63) is 47.4 Å². The van der Waals surface area contributed by atoms with E-state index in [9.17, 15) is 9.18 Å². The number of hydrogen-bond acceptors (Lipinski definition) is 4.